The van der Waals surface area contributed by atoms with Gasteiger partial charge in [0.05, 0.1) is 28.3 Å². The molecule has 2 unspecified atom stereocenters. The van der Waals surface area contributed by atoms with E-state index >= 15 is 0 Å². The number of hydrogen-bond acceptors (Lipinski definition) is 4. The number of carbonyl (C=O) groups excluding carboxylic acids is 1. The second kappa shape index (κ2) is 9.33. The van der Waals surface area contributed by atoms with Crippen LogP contribution in [0.4, 0.5) is 19.0 Å². The van der Waals surface area contributed by atoms with Gasteiger partial charge in [0.15, 0.2) is 5.69 Å². The highest BCUT2D eigenvalue weighted by Gasteiger charge is 2.40. The molecule has 2 heterocycles. The number of alkyl halides is 3. The van der Waals surface area contributed by atoms with Crippen molar-refractivity contribution < 1.29 is 23.1 Å². The number of nitrogens with one attached hydrogen (secondary N) is 2. The molecule has 2 aromatic rings. The topological polar surface area (TPSA) is 79.2 Å². The maximum atomic E-state index is 13.4. The summed E-state index contributed by atoms with van der Waals surface area (Å²) in [7, 11) is 0. The summed E-state index contributed by atoms with van der Waals surface area (Å²) in [6.07, 6.45) is -3.95. The molecule has 1 amide bonds. The number of nitrogens with zero attached hydrogens (tertiary/aromatic N) is 2. The van der Waals surface area contributed by atoms with Crippen molar-refractivity contribution in [2.45, 2.75) is 45.5 Å². The first-order valence-corrected chi connectivity index (χ1v) is 10.7. The summed E-state index contributed by atoms with van der Waals surface area (Å²) in [5.74, 6) is -0.454. The molecule has 1 aliphatic heterocycles. The van der Waals surface area contributed by atoms with Gasteiger partial charge in [-0.05, 0) is 30.5 Å². The van der Waals surface area contributed by atoms with E-state index < -0.39 is 29.9 Å². The van der Waals surface area contributed by atoms with Crippen LogP contribution in [0.5, 0.6) is 0 Å². The van der Waals surface area contributed by atoms with Gasteiger partial charge in [-0.15, -0.1) is 0 Å². The minimum atomic E-state index is -4.66. The molecule has 1 aromatic heterocycles. The fourth-order valence-corrected chi connectivity index (χ4v) is 3.90. The van der Waals surface area contributed by atoms with Gasteiger partial charge in [-0.1, -0.05) is 49.5 Å². The number of rotatable bonds is 6. The first kappa shape index (κ1) is 24.4. The van der Waals surface area contributed by atoms with Gasteiger partial charge in [-0.25, -0.2) is 4.68 Å². The highest BCUT2D eigenvalue weighted by molar-refractivity contribution is 6.42. The van der Waals surface area contributed by atoms with Gasteiger partial charge in [-0.2, -0.15) is 18.3 Å². The summed E-state index contributed by atoms with van der Waals surface area (Å²) >= 11 is 12.2. The van der Waals surface area contributed by atoms with E-state index in [1.54, 1.807) is 13.0 Å². The Balaban J connectivity index is 2.12. The summed E-state index contributed by atoms with van der Waals surface area (Å²) in [6.45, 7) is 5.14. The Kier molecular flexibility index (Phi) is 7.12. The molecule has 0 spiro atoms. The zero-order valence-corrected chi connectivity index (χ0v) is 19.1. The van der Waals surface area contributed by atoms with Gasteiger partial charge in [0.1, 0.15) is 11.9 Å². The molecule has 6 nitrogen and oxygen atoms in total. The van der Waals surface area contributed by atoms with Crippen molar-refractivity contribution in [3.8, 4) is 0 Å². The molecule has 0 aliphatic carbocycles. The molecular formula is C21H23Cl2F3N4O2. The number of fused-ring (bicyclic) bond motifs is 1. The van der Waals surface area contributed by atoms with Crippen LogP contribution >= 0.6 is 23.2 Å². The summed E-state index contributed by atoms with van der Waals surface area (Å²) in [5.41, 5.74) is -0.130. The molecule has 1 aromatic carbocycles. The van der Waals surface area contributed by atoms with E-state index in [-0.39, 0.29) is 34.0 Å². The number of amides is 1. The fraction of sp³-hybridized carbons (Fsp3) is 0.429. The van der Waals surface area contributed by atoms with E-state index in [1.807, 2.05) is 13.8 Å². The van der Waals surface area contributed by atoms with Crippen LogP contribution in [0.15, 0.2) is 35.5 Å². The number of carbonyl (C=O) groups is 1. The van der Waals surface area contributed by atoms with Gasteiger partial charge in [0.25, 0.3) is 5.91 Å². The van der Waals surface area contributed by atoms with Crippen LogP contribution in [0.1, 0.15) is 44.5 Å². The molecule has 174 valence electrons. The Morgan fingerprint density at radius 3 is 2.56 bits per heavy atom. The number of allylic oxidation sites excluding steroid dienone is 1. The quantitative estimate of drug-likeness (QED) is 0.531. The fourth-order valence-electron chi connectivity index (χ4n) is 3.59. The molecular weight excluding hydrogens is 468 g/mol. The third-order valence-corrected chi connectivity index (χ3v) is 6.35. The van der Waals surface area contributed by atoms with Crippen LogP contribution in [-0.2, 0) is 11.0 Å². The second-order valence-corrected chi connectivity index (χ2v) is 8.56. The van der Waals surface area contributed by atoms with Crippen molar-refractivity contribution in [2.75, 3.05) is 11.9 Å². The molecule has 3 rings (SSSR count). The van der Waals surface area contributed by atoms with E-state index in [2.05, 4.69) is 15.7 Å². The van der Waals surface area contributed by atoms with Crippen molar-refractivity contribution in [1.29, 1.82) is 0 Å². The van der Waals surface area contributed by atoms with Crippen LogP contribution in [-0.4, -0.2) is 33.4 Å². The number of aliphatic hydroxyl groups excluding tert-OH is 1. The Morgan fingerprint density at radius 2 is 2.00 bits per heavy atom. The van der Waals surface area contributed by atoms with Gasteiger partial charge in [-0.3, -0.25) is 4.79 Å². The highest BCUT2D eigenvalue weighted by atomic mass is 35.5. The maximum Gasteiger partial charge on any atom is 0.435 e. The van der Waals surface area contributed by atoms with Crippen molar-refractivity contribution in [1.82, 2.24) is 15.1 Å². The van der Waals surface area contributed by atoms with E-state index in [4.69, 9.17) is 23.2 Å². The van der Waals surface area contributed by atoms with Crippen molar-refractivity contribution >= 4 is 34.9 Å². The first-order valence-electron chi connectivity index (χ1n) is 9.99. The van der Waals surface area contributed by atoms with Crippen LogP contribution in [0.25, 0.3) is 0 Å². The molecule has 3 N–H and O–H groups in total. The third kappa shape index (κ3) is 4.74. The minimum absolute atomic E-state index is 0.0121. The number of anilines is 1. The molecule has 11 heteroatoms. The van der Waals surface area contributed by atoms with Gasteiger partial charge >= 0.3 is 6.18 Å². The van der Waals surface area contributed by atoms with E-state index in [9.17, 15) is 23.1 Å². The lowest BCUT2D eigenvalue weighted by atomic mass is 9.93. The third-order valence-electron chi connectivity index (χ3n) is 5.61. The summed E-state index contributed by atoms with van der Waals surface area (Å²) in [4.78, 5) is 13.3. The first-order chi connectivity index (χ1) is 15.0. The van der Waals surface area contributed by atoms with Crippen molar-refractivity contribution in [3.05, 3.63) is 56.8 Å². The highest BCUT2D eigenvalue weighted by Crippen LogP contribution is 2.40. The molecule has 0 bridgehead atoms. The summed E-state index contributed by atoms with van der Waals surface area (Å²) in [6, 6.07) is 3.97. The largest absolute Gasteiger partial charge is 0.435 e. The van der Waals surface area contributed by atoms with Crippen LogP contribution in [0.2, 0.25) is 10.0 Å². The Bertz CT molecular complexity index is 1050. The molecule has 0 saturated heterocycles. The Labute approximate surface area is 193 Å². The maximum absolute atomic E-state index is 13.4. The van der Waals surface area contributed by atoms with Gasteiger partial charge in [0.2, 0.25) is 0 Å². The average Bonchev–Trinajstić information content (AvgIpc) is 3.16. The number of aromatic nitrogens is 2. The van der Waals surface area contributed by atoms with E-state index in [0.717, 1.165) is 17.2 Å². The zero-order valence-electron chi connectivity index (χ0n) is 17.6. The number of halogens is 5. The molecule has 32 heavy (non-hydrogen) atoms. The molecule has 0 saturated carbocycles. The average molecular weight is 491 g/mol. The molecule has 0 radical (unpaired) electrons. The van der Waals surface area contributed by atoms with Crippen molar-refractivity contribution in [2.24, 2.45) is 5.92 Å². The Morgan fingerprint density at radius 1 is 1.31 bits per heavy atom. The van der Waals surface area contributed by atoms with Gasteiger partial charge < -0.3 is 15.7 Å². The van der Waals surface area contributed by atoms with Crippen LogP contribution in [0.3, 0.4) is 0 Å². The normalized spacial score (nSPS) is 18.1. The van der Waals surface area contributed by atoms with Crippen LogP contribution < -0.4 is 10.6 Å². The lowest BCUT2D eigenvalue weighted by Crippen LogP contribution is -2.45. The molecule has 3 atom stereocenters. The predicted octanol–water partition coefficient (Wildman–Crippen LogP) is 5.02. The number of benzene rings is 1. The van der Waals surface area contributed by atoms with E-state index in [0.29, 0.717) is 11.3 Å². The lowest BCUT2D eigenvalue weighted by Gasteiger charge is -2.31. The molecule has 0 fully saturated rings. The van der Waals surface area contributed by atoms with Gasteiger partial charge in [0, 0.05) is 11.8 Å². The zero-order chi connectivity index (χ0) is 23.8. The standard InChI is InChI=1S/C21H23Cl2F3N4O2/c1-4-10(2)15(9-31)28-20(32)18-11(3)27-17-8-16(21(24,25)26)29-30(17)19(18)12-5-6-13(22)14(23)7-12/h5-8,10,15,19,27,31H,4,9H2,1-3H3,(H,28,32)/t10-,15?,19?/m0/s1. The van der Waals surface area contributed by atoms with Crippen LogP contribution in [0, 0.1) is 5.92 Å². The monoisotopic (exact) mass is 490 g/mol. The second-order valence-electron chi connectivity index (χ2n) is 7.74. The van der Waals surface area contributed by atoms with E-state index in [1.165, 1.54) is 12.1 Å². The molecule has 1 aliphatic rings. The number of hydrogen-bond donors (Lipinski definition) is 3. The summed E-state index contributed by atoms with van der Waals surface area (Å²) in [5, 5.41) is 19.6. The predicted molar refractivity (Wildman–Crippen MR) is 117 cm³/mol. The lowest BCUT2D eigenvalue weighted by molar-refractivity contribution is -0.141. The minimum Gasteiger partial charge on any atom is -0.394 e. The van der Waals surface area contributed by atoms with Crippen molar-refractivity contribution in [3.63, 3.8) is 0 Å². The smallest absolute Gasteiger partial charge is 0.394 e. The number of aliphatic hydroxyl groups is 1. The Hall–Kier alpha value is -2.23. The SMILES string of the molecule is CC[C@H](C)C(CO)NC(=O)C1=C(C)Nc2cc(C(F)(F)F)nn2C1c1ccc(Cl)c(Cl)c1. The summed E-state index contributed by atoms with van der Waals surface area (Å²) < 4.78 is 41.2.